The molecule has 3 nitrogen and oxygen atoms in total. The van der Waals surface area contributed by atoms with Crippen LogP contribution in [0.2, 0.25) is 0 Å². The summed E-state index contributed by atoms with van der Waals surface area (Å²) in [5.41, 5.74) is 4.24. The molecule has 0 unspecified atom stereocenters. The van der Waals surface area contributed by atoms with Gasteiger partial charge in [0.1, 0.15) is 5.69 Å². The molecule has 3 heteroatoms. The molecule has 2 aromatic rings. The number of hydrogen-bond donors (Lipinski definition) is 0. The predicted molar refractivity (Wildman–Crippen MR) is 63.1 cm³/mol. The van der Waals surface area contributed by atoms with Crippen molar-refractivity contribution in [3.8, 4) is 11.5 Å². The van der Waals surface area contributed by atoms with Crippen LogP contribution >= 0.6 is 0 Å². The number of aromatic nitrogens is 1. The largest absolute Gasteiger partial charge is 0.418 e. The molecule has 0 fully saturated rings. The van der Waals surface area contributed by atoms with Crippen LogP contribution in [0, 0.1) is 6.92 Å². The van der Waals surface area contributed by atoms with Gasteiger partial charge in [-0.3, -0.25) is 0 Å². The summed E-state index contributed by atoms with van der Waals surface area (Å²) in [6.07, 6.45) is 0.810. The number of aliphatic imine (C=N–C) groups is 1. The van der Waals surface area contributed by atoms with Crippen LogP contribution < -0.4 is 0 Å². The average molecular weight is 212 g/mol. The summed E-state index contributed by atoms with van der Waals surface area (Å²) in [7, 11) is 0. The Bertz CT molecular complexity index is 581. The summed E-state index contributed by atoms with van der Waals surface area (Å²) in [5, 5.41) is 0. The van der Waals surface area contributed by atoms with Crippen molar-refractivity contribution in [2.45, 2.75) is 20.3 Å². The van der Waals surface area contributed by atoms with Crippen LogP contribution in [-0.2, 0) is 6.42 Å². The first-order valence-electron chi connectivity index (χ1n) is 5.34. The van der Waals surface area contributed by atoms with Crippen molar-refractivity contribution >= 4 is 11.6 Å². The first-order valence-corrected chi connectivity index (χ1v) is 5.34. The molecule has 0 saturated carbocycles. The van der Waals surface area contributed by atoms with Crippen molar-refractivity contribution < 1.29 is 4.42 Å². The highest BCUT2D eigenvalue weighted by Gasteiger charge is 2.20. The van der Waals surface area contributed by atoms with Crippen LogP contribution in [0.15, 0.2) is 33.7 Å². The normalized spacial score (nSPS) is 13.8. The van der Waals surface area contributed by atoms with Crippen molar-refractivity contribution in [1.82, 2.24) is 4.98 Å². The Morgan fingerprint density at radius 2 is 2.00 bits per heavy atom. The maximum Gasteiger partial charge on any atom is 0.243 e. The van der Waals surface area contributed by atoms with Crippen molar-refractivity contribution in [1.29, 1.82) is 0 Å². The predicted octanol–water partition coefficient (Wildman–Crippen LogP) is 3.30. The Balaban J connectivity index is 2.10. The first-order chi connectivity index (χ1) is 7.74. The van der Waals surface area contributed by atoms with E-state index in [-0.39, 0.29) is 0 Å². The smallest absolute Gasteiger partial charge is 0.243 e. The number of rotatable bonds is 1. The summed E-state index contributed by atoms with van der Waals surface area (Å²) in [4.78, 5) is 8.81. The fraction of sp³-hybridized carbons (Fsp3) is 0.231. The lowest BCUT2D eigenvalue weighted by Crippen LogP contribution is -1.91. The van der Waals surface area contributed by atoms with E-state index in [1.54, 1.807) is 0 Å². The van der Waals surface area contributed by atoms with Gasteiger partial charge in [0.2, 0.25) is 11.8 Å². The molecule has 0 aliphatic carbocycles. The SMILES string of the molecule is CC1=Nc2oc(-c3ccccc3C)nc2C1. The number of oxazole rings is 1. The summed E-state index contributed by atoms with van der Waals surface area (Å²) in [5.74, 6) is 1.36. The number of fused-ring (bicyclic) bond motifs is 1. The van der Waals surface area contributed by atoms with Gasteiger partial charge in [-0.25, -0.2) is 9.98 Å². The van der Waals surface area contributed by atoms with Gasteiger partial charge >= 0.3 is 0 Å². The van der Waals surface area contributed by atoms with E-state index >= 15 is 0 Å². The molecule has 80 valence electrons. The summed E-state index contributed by atoms with van der Waals surface area (Å²) >= 11 is 0. The summed E-state index contributed by atoms with van der Waals surface area (Å²) in [6, 6.07) is 8.08. The molecule has 0 atom stereocenters. The second kappa shape index (κ2) is 3.30. The number of nitrogens with zero attached hydrogens (tertiary/aromatic N) is 2. The molecule has 16 heavy (non-hydrogen) atoms. The lowest BCUT2D eigenvalue weighted by Gasteiger charge is -1.99. The minimum atomic E-state index is 0.677. The van der Waals surface area contributed by atoms with E-state index in [4.69, 9.17) is 4.42 Å². The highest BCUT2D eigenvalue weighted by Crippen LogP contribution is 2.32. The fourth-order valence-corrected chi connectivity index (χ4v) is 1.93. The third-order valence-electron chi connectivity index (χ3n) is 2.77. The highest BCUT2D eigenvalue weighted by molar-refractivity contribution is 5.90. The molecule has 0 saturated heterocycles. The molecule has 1 aromatic carbocycles. The Labute approximate surface area is 93.9 Å². The third-order valence-corrected chi connectivity index (χ3v) is 2.77. The van der Waals surface area contributed by atoms with Crippen molar-refractivity contribution in [3.05, 3.63) is 35.5 Å². The maximum atomic E-state index is 5.66. The number of aryl methyl sites for hydroxylation is 1. The van der Waals surface area contributed by atoms with Gasteiger partial charge in [-0.2, -0.15) is 0 Å². The first kappa shape index (κ1) is 9.33. The van der Waals surface area contributed by atoms with Gasteiger partial charge in [0.15, 0.2) is 0 Å². The second-order valence-electron chi connectivity index (χ2n) is 4.11. The monoisotopic (exact) mass is 212 g/mol. The van der Waals surface area contributed by atoms with Crippen LogP contribution in [0.4, 0.5) is 5.88 Å². The van der Waals surface area contributed by atoms with Crippen molar-refractivity contribution in [2.24, 2.45) is 4.99 Å². The van der Waals surface area contributed by atoms with Gasteiger partial charge in [0.05, 0.1) is 0 Å². The maximum absolute atomic E-state index is 5.66. The lowest BCUT2D eigenvalue weighted by molar-refractivity contribution is 0.584. The van der Waals surface area contributed by atoms with Crippen LogP contribution in [-0.4, -0.2) is 10.7 Å². The van der Waals surface area contributed by atoms with Crippen molar-refractivity contribution in [2.75, 3.05) is 0 Å². The quantitative estimate of drug-likeness (QED) is 0.727. The molecular formula is C13H12N2O. The van der Waals surface area contributed by atoms with Crippen LogP contribution in [0.3, 0.4) is 0 Å². The van der Waals surface area contributed by atoms with Gasteiger partial charge in [-0.05, 0) is 25.5 Å². The van der Waals surface area contributed by atoms with E-state index < -0.39 is 0 Å². The minimum absolute atomic E-state index is 0.677. The van der Waals surface area contributed by atoms with Gasteiger partial charge < -0.3 is 4.42 Å². The zero-order valence-corrected chi connectivity index (χ0v) is 9.32. The van der Waals surface area contributed by atoms with Gasteiger partial charge in [0, 0.05) is 17.7 Å². The Morgan fingerprint density at radius 1 is 1.19 bits per heavy atom. The van der Waals surface area contributed by atoms with Gasteiger partial charge in [0.25, 0.3) is 0 Å². The van der Waals surface area contributed by atoms with E-state index in [1.807, 2.05) is 25.1 Å². The molecule has 1 aromatic heterocycles. The van der Waals surface area contributed by atoms with Crippen LogP contribution in [0.5, 0.6) is 0 Å². The molecule has 0 N–H and O–H groups in total. The molecule has 1 aliphatic rings. The van der Waals surface area contributed by atoms with E-state index in [0.717, 1.165) is 23.4 Å². The Morgan fingerprint density at radius 3 is 2.75 bits per heavy atom. The molecule has 2 heterocycles. The molecule has 0 bridgehead atoms. The molecule has 3 rings (SSSR count). The van der Waals surface area contributed by atoms with E-state index in [1.165, 1.54) is 5.56 Å². The molecule has 1 aliphatic heterocycles. The third kappa shape index (κ3) is 1.36. The fourth-order valence-electron chi connectivity index (χ4n) is 1.93. The van der Waals surface area contributed by atoms with E-state index in [0.29, 0.717) is 11.8 Å². The second-order valence-corrected chi connectivity index (χ2v) is 4.11. The molecule has 0 amide bonds. The number of hydrogen-bond acceptors (Lipinski definition) is 3. The molecule has 0 radical (unpaired) electrons. The highest BCUT2D eigenvalue weighted by atomic mass is 16.4. The van der Waals surface area contributed by atoms with Crippen molar-refractivity contribution in [3.63, 3.8) is 0 Å². The Hall–Kier alpha value is -1.90. The minimum Gasteiger partial charge on any atom is -0.418 e. The topological polar surface area (TPSA) is 38.4 Å². The van der Waals surface area contributed by atoms with Crippen LogP contribution in [0.1, 0.15) is 18.2 Å². The van der Waals surface area contributed by atoms with Crippen LogP contribution in [0.25, 0.3) is 11.5 Å². The molecular weight excluding hydrogens is 200 g/mol. The zero-order valence-electron chi connectivity index (χ0n) is 9.32. The van der Waals surface area contributed by atoms with E-state index in [2.05, 4.69) is 23.0 Å². The summed E-state index contributed by atoms with van der Waals surface area (Å²) < 4.78 is 5.66. The van der Waals surface area contributed by atoms with Gasteiger partial charge in [-0.15, -0.1) is 0 Å². The standard InChI is InChI=1S/C13H12N2O/c1-8-5-3-4-6-10(8)12-15-11-7-9(2)14-13(11)16-12/h3-6H,7H2,1-2H3. The summed E-state index contributed by atoms with van der Waals surface area (Å²) in [6.45, 7) is 4.05. The van der Waals surface area contributed by atoms with Gasteiger partial charge in [-0.1, -0.05) is 18.2 Å². The average Bonchev–Trinajstić information content (AvgIpc) is 2.75. The van der Waals surface area contributed by atoms with E-state index in [9.17, 15) is 0 Å². The zero-order chi connectivity index (χ0) is 11.1. The Kier molecular flexibility index (Phi) is 1.93. The lowest BCUT2D eigenvalue weighted by atomic mass is 10.1. The molecule has 0 spiro atoms. The number of benzene rings is 1.